The van der Waals surface area contributed by atoms with Crippen molar-refractivity contribution in [1.82, 2.24) is 19.6 Å². The highest BCUT2D eigenvalue weighted by atomic mass is 16.5. The summed E-state index contributed by atoms with van der Waals surface area (Å²) in [5, 5.41) is 4.05. The molecule has 0 aliphatic carbocycles. The first-order valence-electron chi connectivity index (χ1n) is 11.1. The van der Waals surface area contributed by atoms with Gasteiger partial charge in [-0.15, -0.1) is 0 Å². The molecule has 1 aromatic carbocycles. The predicted molar refractivity (Wildman–Crippen MR) is 119 cm³/mol. The SMILES string of the molecule is COc1ccc(-c2noc(CCC(=O)N3CC4CC(C3)c3cccc(=O)n3C4)n2)cc1OC. The number of nitrogens with zero attached hydrogens (tertiary/aromatic N) is 4. The lowest BCUT2D eigenvalue weighted by Gasteiger charge is -2.42. The summed E-state index contributed by atoms with van der Waals surface area (Å²) in [4.78, 5) is 31.5. The number of carbonyl (C=O) groups excluding carboxylic acids is 1. The summed E-state index contributed by atoms with van der Waals surface area (Å²) in [6, 6.07) is 10.8. The maximum absolute atomic E-state index is 12.9. The van der Waals surface area contributed by atoms with Crippen molar-refractivity contribution in [1.29, 1.82) is 0 Å². The molecule has 0 radical (unpaired) electrons. The average molecular weight is 450 g/mol. The third-order valence-corrected chi connectivity index (χ3v) is 6.50. The Morgan fingerprint density at radius 3 is 2.79 bits per heavy atom. The van der Waals surface area contributed by atoms with E-state index in [2.05, 4.69) is 10.1 Å². The van der Waals surface area contributed by atoms with Crippen LogP contribution in [0.15, 0.2) is 45.7 Å². The van der Waals surface area contributed by atoms with Gasteiger partial charge in [-0.05, 0) is 36.6 Å². The van der Waals surface area contributed by atoms with Crippen LogP contribution in [0, 0.1) is 5.92 Å². The minimum atomic E-state index is 0.0451. The average Bonchev–Trinajstić information content (AvgIpc) is 3.31. The number of carbonyl (C=O) groups is 1. The molecule has 0 saturated carbocycles. The van der Waals surface area contributed by atoms with Gasteiger partial charge in [0, 0.05) is 55.7 Å². The van der Waals surface area contributed by atoms with E-state index in [0.29, 0.717) is 61.6 Å². The van der Waals surface area contributed by atoms with Gasteiger partial charge in [-0.25, -0.2) is 0 Å². The topological polar surface area (TPSA) is 99.7 Å². The highest BCUT2D eigenvalue weighted by Crippen LogP contribution is 2.35. The van der Waals surface area contributed by atoms with Gasteiger partial charge in [-0.3, -0.25) is 9.59 Å². The Labute approximate surface area is 190 Å². The molecule has 4 heterocycles. The summed E-state index contributed by atoms with van der Waals surface area (Å²) in [5.74, 6) is 2.64. The van der Waals surface area contributed by atoms with Crippen molar-refractivity contribution in [3.63, 3.8) is 0 Å². The van der Waals surface area contributed by atoms with E-state index in [1.54, 1.807) is 38.5 Å². The van der Waals surface area contributed by atoms with E-state index in [1.807, 2.05) is 21.6 Å². The first kappa shape index (κ1) is 21.2. The molecule has 2 bridgehead atoms. The highest BCUT2D eigenvalue weighted by Gasteiger charge is 2.36. The lowest BCUT2D eigenvalue weighted by molar-refractivity contribution is -0.134. The second-order valence-corrected chi connectivity index (χ2v) is 8.58. The molecule has 33 heavy (non-hydrogen) atoms. The molecular formula is C24H26N4O5. The monoisotopic (exact) mass is 450 g/mol. The number of piperidine rings is 1. The molecular weight excluding hydrogens is 424 g/mol. The summed E-state index contributed by atoms with van der Waals surface area (Å²) in [5.41, 5.74) is 1.82. The Morgan fingerprint density at radius 2 is 1.97 bits per heavy atom. The molecule has 1 fully saturated rings. The van der Waals surface area contributed by atoms with Gasteiger partial charge in [0.15, 0.2) is 11.5 Å². The number of rotatable bonds is 6. The van der Waals surface area contributed by atoms with E-state index in [4.69, 9.17) is 14.0 Å². The lowest BCUT2D eigenvalue weighted by Crippen LogP contribution is -2.49. The molecule has 1 amide bonds. The van der Waals surface area contributed by atoms with Gasteiger partial charge in [0.2, 0.25) is 17.6 Å². The number of ether oxygens (including phenoxy) is 2. The molecule has 9 heteroatoms. The van der Waals surface area contributed by atoms with Gasteiger partial charge in [-0.1, -0.05) is 11.2 Å². The van der Waals surface area contributed by atoms with Crippen molar-refractivity contribution in [3.8, 4) is 22.9 Å². The summed E-state index contributed by atoms with van der Waals surface area (Å²) in [6.07, 6.45) is 1.70. The summed E-state index contributed by atoms with van der Waals surface area (Å²) in [7, 11) is 3.15. The highest BCUT2D eigenvalue weighted by molar-refractivity contribution is 5.76. The van der Waals surface area contributed by atoms with Crippen LogP contribution in [0.1, 0.15) is 30.3 Å². The number of aryl methyl sites for hydroxylation is 1. The Bertz CT molecular complexity index is 1230. The van der Waals surface area contributed by atoms with E-state index >= 15 is 0 Å². The maximum Gasteiger partial charge on any atom is 0.250 e. The predicted octanol–water partition coefficient (Wildman–Crippen LogP) is 2.49. The minimum Gasteiger partial charge on any atom is -0.493 e. The molecule has 9 nitrogen and oxygen atoms in total. The number of amides is 1. The molecule has 0 N–H and O–H groups in total. The summed E-state index contributed by atoms with van der Waals surface area (Å²) in [6.45, 7) is 1.99. The fourth-order valence-electron chi connectivity index (χ4n) is 4.92. The van der Waals surface area contributed by atoms with Crippen LogP contribution in [0.25, 0.3) is 11.4 Å². The van der Waals surface area contributed by atoms with Crippen LogP contribution in [-0.2, 0) is 17.8 Å². The van der Waals surface area contributed by atoms with E-state index in [0.717, 1.165) is 17.7 Å². The number of likely N-dealkylation sites (tertiary alicyclic amines) is 1. The molecule has 0 spiro atoms. The first-order valence-corrected chi connectivity index (χ1v) is 11.1. The number of aromatic nitrogens is 3. The van der Waals surface area contributed by atoms with Crippen LogP contribution in [0.5, 0.6) is 11.5 Å². The van der Waals surface area contributed by atoms with E-state index in [9.17, 15) is 9.59 Å². The lowest BCUT2D eigenvalue weighted by atomic mass is 9.83. The van der Waals surface area contributed by atoms with E-state index < -0.39 is 0 Å². The van der Waals surface area contributed by atoms with Crippen molar-refractivity contribution in [3.05, 3.63) is 58.3 Å². The smallest absolute Gasteiger partial charge is 0.250 e. The van der Waals surface area contributed by atoms with Crippen LogP contribution in [-0.4, -0.2) is 52.8 Å². The minimum absolute atomic E-state index is 0.0451. The van der Waals surface area contributed by atoms with Gasteiger partial charge in [0.1, 0.15) is 0 Å². The first-order chi connectivity index (χ1) is 16.1. The Hall–Kier alpha value is -3.62. The summed E-state index contributed by atoms with van der Waals surface area (Å²) >= 11 is 0. The van der Waals surface area contributed by atoms with Crippen molar-refractivity contribution in [2.45, 2.75) is 31.7 Å². The van der Waals surface area contributed by atoms with E-state index in [1.165, 1.54) is 0 Å². The number of hydrogen-bond acceptors (Lipinski definition) is 7. The molecule has 2 atom stereocenters. The fraction of sp³-hybridized carbons (Fsp3) is 0.417. The van der Waals surface area contributed by atoms with Crippen molar-refractivity contribution in [2.75, 3.05) is 27.3 Å². The quantitative estimate of drug-likeness (QED) is 0.569. The van der Waals surface area contributed by atoms with Crippen LogP contribution in [0.4, 0.5) is 0 Å². The Balaban J connectivity index is 1.23. The van der Waals surface area contributed by atoms with Crippen molar-refractivity contribution >= 4 is 5.91 Å². The Kier molecular flexibility index (Phi) is 5.62. The molecule has 5 rings (SSSR count). The second-order valence-electron chi connectivity index (χ2n) is 8.58. The van der Waals surface area contributed by atoms with Crippen molar-refractivity contribution in [2.24, 2.45) is 5.92 Å². The zero-order chi connectivity index (χ0) is 22.9. The second kappa shape index (κ2) is 8.73. The molecule has 2 aliphatic rings. The molecule has 2 aromatic heterocycles. The fourth-order valence-corrected chi connectivity index (χ4v) is 4.92. The maximum atomic E-state index is 12.9. The van der Waals surface area contributed by atoms with Crippen LogP contribution in [0.2, 0.25) is 0 Å². The molecule has 2 unspecified atom stereocenters. The molecule has 2 aliphatic heterocycles. The van der Waals surface area contributed by atoms with Crippen LogP contribution in [0.3, 0.4) is 0 Å². The summed E-state index contributed by atoms with van der Waals surface area (Å²) < 4.78 is 17.8. The van der Waals surface area contributed by atoms with Gasteiger partial charge >= 0.3 is 0 Å². The van der Waals surface area contributed by atoms with Gasteiger partial charge in [0.05, 0.1) is 14.2 Å². The number of hydrogen-bond donors (Lipinski definition) is 0. The molecule has 3 aromatic rings. The number of fused-ring (bicyclic) bond motifs is 4. The largest absolute Gasteiger partial charge is 0.493 e. The zero-order valence-corrected chi connectivity index (χ0v) is 18.7. The molecule has 172 valence electrons. The normalized spacial score (nSPS) is 19.2. The van der Waals surface area contributed by atoms with Gasteiger partial charge in [0.25, 0.3) is 5.56 Å². The zero-order valence-electron chi connectivity index (χ0n) is 18.7. The van der Waals surface area contributed by atoms with E-state index in [-0.39, 0.29) is 17.4 Å². The van der Waals surface area contributed by atoms with Crippen LogP contribution < -0.4 is 15.0 Å². The Morgan fingerprint density at radius 1 is 1.12 bits per heavy atom. The number of methoxy groups -OCH3 is 2. The number of benzene rings is 1. The third kappa shape index (κ3) is 4.10. The van der Waals surface area contributed by atoms with Crippen LogP contribution >= 0.6 is 0 Å². The standard InChI is InChI=1S/C24H26N4O5/c1-31-19-7-6-16(11-20(19)32-2)24-25-21(33-26-24)8-9-22(29)27-12-15-10-17(14-27)18-4-3-5-23(30)28(18)13-15/h3-7,11,15,17H,8-10,12-14H2,1-2H3. The van der Waals surface area contributed by atoms with Crippen molar-refractivity contribution < 1.29 is 18.8 Å². The number of pyridine rings is 1. The van der Waals surface area contributed by atoms with Gasteiger partial charge in [-0.2, -0.15) is 4.98 Å². The third-order valence-electron chi connectivity index (χ3n) is 6.50. The molecule has 1 saturated heterocycles. The van der Waals surface area contributed by atoms with Gasteiger partial charge < -0.3 is 23.5 Å².